The van der Waals surface area contributed by atoms with E-state index in [0.717, 1.165) is 11.3 Å². The van der Waals surface area contributed by atoms with Crippen molar-refractivity contribution in [3.05, 3.63) is 65.7 Å². The molecule has 1 amide bonds. The van der Waals surface area contributed by atoms with E-state index in [1.54, 1.807) is 24.3 Å². The van der Waals surface area contributed by atoms with E-state index in [2.05, 4.69) is 5.48 Å². The molecule has 1 N–H and O–H groups in total. The Morgan fingerprint density at radius 1 is 0.958 bits per heavy atom. The number of benzene rings is 2. The van der Waals surface area contributed by atoms with Gasteiger partial charge < -0.3 is 4.74 Å². The molecule has 0 aliphatic carbocycles. The van der Waals surface area contributed by atoms with Gasteiger partial charge in [-0.15, -0.1) is 0 Å². The minimum absolute atomic E-state index is 0.0842. The first kappa shape index (κ1) is 17.7. The van der Waals surface area contributed by atoms with Gasteiger partial charge in [0.25, 0.3) is 0 Å². The third-order valence-electron chi connectivity index (χ3n) is 3.33. The second kappa shape index (κ2) is 9.47. The number of ketones is 1. The standard InChI is InChI=1S/C19H21NO4/c1-2-23-17-10-8-16(9-11-17)18(21)12-13-19(22)20-24-14-15-6-4-3-5-7-15/h3-11H,2,12-14H2,1H3,(H,20,22). The Kier molecular flexibility index (Phi) is 6.98. The number of nitrogens with one attached hydrogen (secondary N) is 1. The van der Waals surface area contributed by atoms with Crippen molar-refractivity contribution in [3.8, 4) is 5.75 Å². The molecule has 2 aromatic carbocycles. The van der Waals surface area contributed by atoms with Crippen LogP contribution in [0.2, 0.25) is 0 Å². The second-order valence-electron chi connectivity index (χ2n) is 5.18. The van der Waals surface area contributed by atoms with Crippen molar-refractivity contribution in [2.24, 2.45) is 0 Å². The highest BCUT2D eigenvalue weighted by atomic mass is 16.6. The summed E-state index contributed by atoms with van der Waals surface area (Å²) in [4.78, 5) is 28.9. The van der Waals surface area contributed by atoms with Crippen LogP contribution >= 0.6 is 0 Å². The van der Waals surface area contributed by atoms with Crippen LogP contribution in [0.1, 0.15) is 35.7 Å². The van der Waals surface area contributed by atoms with Gasteiger partial charge in [0, 0.05) is 18.4 Å². The number of hydrogen-bond acceptors (Lipinski definition) is 4. The number of carbonyl (C=O) groups is 2. The predicted octanol–water partition coefficient (Wildman–Crippen LogP) is 3.30. The lowest BCUT2D eigenvalue weighted by molar-refractivity contribution is -0.134. The summed E-state index contributed by atoms with van der Waals surface area (Å²) < 4.78 is 5.33. The van der Waals surface area contributed by atoms with Gasteiger partial charge in [0.2, 0.25) is 5.91 Å². The Morgan fingerprint density at radius 3 is 2.33 bits per heavy atom. The summed E-state index contributed by atoms with van der Waals surface area (Å²) in [5.41, 5.74) is 3.88. The minimum Gasteiger partial charge on any atom is -0.494 e. The zero-order valence-corrected chi connectivity index (χ0v) is 13.7. The molecule has 0 aromatic heterocycles. The van der Waals surface area contributed by atoms with E-state index in [4.69, 9.17) is 9.57 Å². The maximum atomic E-state index is 12.1. The van der Waals surface area contributed by atoms with E-state index in [0.29, 0.717) is 18.8 Å². The van der Waals surface area contributed by atoms with Crippen molar-refractivity contribution >= 4 is 11.7 Å². The molecule has 0 aliphatic heterocycles. The maximum Gasteiger partial charge on any atom is 0.243 e. The number of hydroxylamine groups is 1. The molecule has 0 radical (unpaired) electrons. The fourth-order valence-electron chi connectivity index (χ4n) is 2.10. The van der Waals surface area contributed by atoms with E-state index in [1.165, 1.54) is 0 Å². The van der Waals surface area contributed by atoms with Crippen molar-refractivity contribution < 1.29 is 19.2 Å². The summed E-state index contributed by atoms with van der Waals surface area (Å²) >= 11 is 0. The van der Waals surface area contributed by atoms with Crippen molar-refractivity contribution in [1.29, 1.82) is 0 Å². The average Bonchev–Trinajstić information content (AvgIpc) is 2.61. The van der Waals surface area contributed by atoms with Gasteiger partial charge in [-0.25, -0.2) is 5.48 Å². The van der Waals surface area contributed by atoms with Crippen LogP contribution in [-0.2, 0) is 16.2 Å². The summed E-state index contributed by atoms with van der Waals surface area (Å²) in [7, 11) is 0. The minimum atomic E-state index is -0.315. The Bertz CT molecular complexity index is 653. The molecule has 2 rings (SSSR count). The van der Waals surface area contributed by atoms with Gasteiger partial charge in [0.15, 0.2) is 5.78 Å². The van der Waals surface area contributed by atoms with Gasteiger partial charge in [0.05, 0.1) is 13.2 Å². The summed E-state index contributed by atoms with van der Waals surface area (Å²) in [6, 6.07) is 16.4. The molecule has 0 unspecified atom stereocenters. The highest BCUT2D eigenvalue weighted by Crippen LogP contribution is 2.14. The number of rotatable bonds is 9. The number of ether oxygens (including phenoxy) is 1. The average molecular weight is 327 g/mol. The van der Waals surface area contributed by atoms with Crippen LogP contribution in [0.25, 0.3) is 0 Å². The van der Waals surface area contributed by atoms with E-state index in [-0.39, 0.29) is 24.5 Å². The molecular weight excluding hydrogens is 306 g/mol. The highest BCUT2D eigenvalue weighted by molar-refractivity contribution is 5.97. The molecule has 0 atom stereocenters. The highest BCUT2D eigenvalue weighted by Gasteiger charge is 2.09. The monoisotopic (exact) mass is 327 g/mol. The van der Waals surface area contributed by atoms with Gasteiger partial charge >= 0.3 is 0 Å². The fourth-order valence-corrected chi connectivity index (χ4v) is 2.10. The first-order valence-electron chi connectivity index (χ1n) is 7.89. The summed E-state index contributed by atoms with van der Waals surface area (Å²) in [6.45, 7) is 2.77. The summed E-state index contributed by atoms with van der Waals surface area (Å²) in [5.74, 6) is 0.322. The molecule has 5 nitrogen and oxygen atoms in total. The Hall–Kier alpha value is -2.66. The van der Waals surface area contributed by atoms with Crippen molar-refractivity contribution in [1.82, 2.24) is 5.48 Å². The third-order valence-corrected chi connectivity index (χ3v) is 3.33. The lowest BCUT2D eigenvalue weighted by Gasteiger charge is -2.06. The van der Waals surface area contributed by atoms with Crippen LogP contribution < -0.4 is 10.2 Å². The smallest absolute Gasteiger partial charge is 0.243 e. The SMILES string of the molecule is CCOc1ccc(C(=O)CCC(=O)NOCc2ccccc2)cc1. The van der Waals surface area contributed by atoms with Crippen LogP contribution in [0.3, 0.4) is 0 Å². The molecular formula is C19H21NO4. The van der Waals surface area contributed by atoms with E-state index in [9.17, 15) is 9.59 Å². The number of carbonyl (C=O) groups excluding carboxylic acids is 2. The first-order valence-corrected chi connectivity index (χ1v) is 7.89. The van der Waals surface area contributed by atoms with Gasteiger partial charge in [0.1, 0.15) is 5.75 Å². The first-order chi connectivity index (χ1) is 11.7. The molecule has 2 aromatic rings. The van der Waals surface area contributed by atoms with Crippen LogP contribution in [-0.4, -0.2) is 18.3 Å². The van der Waals surface area contributed by atoms with Crippen LogP contribution in [0.4, 0.5) is 0 Å². The van der Waals surface area contributed by atoms with E-state index in [1.807, 2.05) is 37.3 Å². The van der Waals surface area contributed by atoms with E-state index >= 15 is 0 Å². The quantitative estimate of drug-likeness (QED) is 0.567. The zero-order valence-electron chi connectivity index (χ0n) is 13.7. The van der Waals surface area contributed by atoms with E-state index < -0.39 is 0 Å². The fraction of sp³-hybridized carbons (Fsp3) is 0.263. The molecule has 0 spiro atoms. The number of hydrogen-bond donors (Lipinski definition) is 1. The molecule has 0 saturated heterocycles. The molecule has 0 aliphatic rings. The number of Topliss-reactive ketones (excluding diaryl/α,β-unsaturated/α-hetero) is 1. The van der Waals surface area contributed by atoms with Crippen molar-refractivity contribution in [3.63, 3.8) is 0 Å². The Labute approximate surface area is 141 Å². The van der Waals surface area contributed by atoms with Gasteiger partial charge in [-0.2, -0.15) is 0 Å². The van der Waals surface area contributed by atoms with Crippen molar-refractivity contribution in [2.45, 2.75) is 26.4 Å². The lowest BCUT2D eigenvalue weighted by Crippen LogP contribution is -2.24. The Balaban J connectivity index is 1.69. The topological polar surface area (TPSA) is 64.6 Å². The Morgan fingerprint density at radius 2 is 1.67 bits per heavy atom. The van der Waals surface area contributed by atoms with Crippen LogP contribution in [0, 0.1) is 0 Å². The number of amides is 1. The van der Waals surface area contributed by atoms with Gasteiger partial charge in [-0.05, 0) is 36.8 Å². The molecule has 126 valence electrons. The largest absolute Gasteiger partial charge is 0.494 e. The molecule has 24 heavy (non-hydrogen) atoms. The third kappa shape index (κ3) is 5.85. The molecule has 0 saturated carbocycles. The van der Waals surface area contributed by atoms with Crippen LogP contribution in [0.15, 0.2) is 54.6 Å². The molecule has 0 bridgehead atoms. The van der Waals surface area contributed by atoms with Crippen LogP contribution in [0.5, 0.6) is 5.75 Å². The summed E-state index contributed by atoms with van der Waals surface area (Å²) in [5, 5.41) is 0. The normalized spacial score (nSPS) is 10.2. The summed E-state index contributed by atoms with van der Waals surface area (Å²) in [6.07, 6.45) is 0.218. The maximum absolute atomic E-state index is 12.1. The predicted molar refractivity (Wildman–Crippen MR) is 90.5 cm³/mol. The molecule has 0 fully saturated rings. The van der Waals surface area contributed by atoms with Gasteiger partial charge in [-0.3, -0.25) is 14.4 Å². The zero-order chi connectivity index (χ0) is 17.2. The second-order valence-corrected chi connectivity index (χ2v) is 5.18. The van der Waals surface area contributed by atoms with Gasteiger partial charge in [-0.1, -0.05) is 30.3 Å². The van der Waals surface area contributed by atoms with Crippen molar-refractivity contribution in [2.75, 3.05) is 6.61 Å². The lowest BCUT2D eigenvalue weighted by atomic mass is 10.1. The molecule has 0 heterocycles. The molecule has 5 heteroatoms.